The summed E-state index contributed by atoms with van der Waals surface area (Å²) >= 11 is 0. The quantitative estimate of drug-likeness (QED) is 0.213. The molecule has 0 aliphatic carbocycles. The number of nitrogens with two attached hydrogens (primary N) is 3. The molecule has 5 aromatic rings. The molecule has 0 saturated heterocycles. The topological polar surface area (TPSA) is 180 Å². The average Bonchev–Trinajstić information content (AvgIpc) is 2.92. The van der Waals surface area contributed by atoms with Crippen LogP contribution in [0.5, 0.6) is 0 Å². The molecule has 5 rings (SSSR count). The highest BCUT2D eigenvalue weighted by molar-refractivity contribution is 7.89. The third-order valence-corrected chi connectivity index (χ3v) is 7.32. The Bertz CT molecular complexity index is 2000. The van der Waals surface area contributed by atoms with Gasteiger partial charge in [-0.25, -0.2) is 32.3 Å². The molecule has 0 saturated carbocycles. The number of sulfonamides is 1. The summed E-state index contributed by atoms with van der Waals surface area (Å²) in [5.41, 5.74) is 6.36. The number of nitrogen functional groups attached to an aromatic ring is 1. The van der Waals surface area contributed by atoms with E-state index < -0.39 is 33.1 Å². The number of hydrogen-bond acceptors (Lipinski definition) is 8. The van der Waals surface area contributed by atoms with Crippen molar-refractivity contribution in [1.82, 2.24) is 9.97 Å². The van der Waals surface area contributed by atoms with E-state index in [0.717, 1.165) is 12.1 Å². The smallest absolute Gasteiger partial charge is 0.238 e. The molecule has 3 aromatic carbocycles. The molecule has 0 spiro atoms. The fourth-order valence-corrected chi connectivity index (χ4v) is 4.97. The Morgan fingerprint density at radius 2 is 1.76 bits per heavy atom. The summed E-state index contributed by atoms with van der Waals surface area (Å²) in [6, 6.07) is 14.0. The standard InChI is InChI=1S/C28H22F2N6O4S/c1-14(26-21(16-4-2-5-17(29)12-16)25(37)22-19(30)6-3-7-20(22)40-26)36-28-23(27(32)34-13-35-28)24(31)15-8-10-18(11-9-15)41(33,38)39/h2-14,31H,1H3,(H2,33,38,39)(H3,32,34,35,36)/p+1. The van der Waals surface area contributed by atoms with Gasteiger partial charge < -0.3 is 15.5 Å². The van der Waals surface area contributed by atoms with E-state index in [2.05, 4.69) is 15.3 Å². The largest absolute Gasteiger partial charge is 0.458 e. The van der Waals surface area contributed by atoms with Crippen molar-refractivity contribution in [3.8, 4) is 11.1 Å². The lowest BCUT2D eigenvalue weighted by molar-refractivity contribution is -0.111. The van der Waals surface area contributed by atoms with Gasteiger partial charge in [0, 0.05) is 5.56 Å². The van der Waals surface area contributed by atoms with Gasteiger partial charge in [0.2, 0.25) is 21.2 Å². The molecule has 1 unspecified atom stereocenters. The zero-order chi connectivity index (χ0) is 29.5. The molecule has 7 N–H and O–H groups in total. The second kappa shape index (κ2) is 10.5. The second-order valence-electron chi connectivity index (χ2n) is 9.13. The van der Waals surface area contributed by atoms with Crippen LogP contribution in [0.3, 0.4) is 0 Å². The van der Waals surface area contributed by atoms with Crippen LogP contribution < -0.4 is 27.0 Å². The first kappa shape index (κ1) is 27.6. The zero-order valence-electron chi connectivity index (χ0n) is 21.4. The number of anilines is 2. The maximum absolute atomic E-state index is 14.7. The molecule has 0 radical (unpaired) electrons. The second-order valence-corrected chi connectivity index (χ2v) is 10.7. The Balaban J connectivity index is 1.61. The number of primary sulfonamides is 1. The summed E-state index contributed by atoms with van der Waals surface area (Å²) in [6.07, 6.45) is 1.20. The Kier molecular flexibility index (Phi) is 7.07. The predicted molar refractivity (Wildman–Crippen MR) is 149 cm³/mol. The summed E-state index contributed by atoms with van der Waals surface area (Å²) in [5.74, 6) is -1.12. The van der Waals surface area contributed by atoms with Crippen LogP contribution in [0.1, 0.15) is 29.9 Å². The number of halogens is 2. The van der Waals surface area contributed by atoms with Gasteiger partial charge in [-0.05, 0) is 61.0 Å². The number of nitrogens with zero attached hydrogens (tertiary/aromatic N) is 2. The molecule has 1 atom stereocenters. The highest BCUT2D eigenvalue weighted by Gasteiger charge is 2.27. The molecule has 2 aromatic heterocycles. The van der Waals surface area contributed by atoms with Crippen molar-refractivity contribution in [2.45, 2.75) is 17.9 Å². The van der Waals surface area contributed by atoms with Crippen LogP contribution in [0.2, 0.25) is 0 Å². The van der Waals surface area contributed by atoms with E-state index in [1.165, 1.54) is 60.9 Å². The SMILES string of the molecule is CC(Nc1ncnc(N)c1C(=[NH2+])c1ccc(S(N)(=O)=O)cc1)c1oc2cccc(F)c2c(=O)c1-c1cccc(F)c1. The molecule has 41 heavy (non-hydrogen) atoms. The van der Waals surface area contributed by atoms with E-state index in [4.69, 9.17) is 20.7 Å². The first-order valence-corrected chi connectivity index (χ1v) is 13.6. The first-order chi connectivity index (χ1) is 19.5. The van der Waals surface area contributed by atoms with Crippen LogP contribution in [0.15, 0.2) is 87.2 Å². The molecule has 0 amide bonds. The summed E-state index contributed by atoms with van der Waals surface area (Å²) in [7, 11) is -3.92. The maximum atomic E-state index is 14.7. The highest BCUT2D eigenvalue weighted by atomic mass is 32.2. The van der Waals surface area contributed by atoms with Gasteiger partial charge >= 0.3 is 0 Å². The van der Waals surface area contributed by atoms with Crippen LogP contribution in [0, 0.1) is 11.6 Å². The number of benzene rings is 3. The van der Waals surface area contributed by atoms with Crippen LogP contribution in [-0.2, 0) is 10.0 Å². The fourth-order valence-electron chi connectivity index (χ4n) is 4.45. The number of rotatable bonds is 7. The van der Waals surface area contributed by atoms with E-state index in [1.54, 1.807) is 6.92 Å². The average molecular weight is 578 g/mol. The van der Waals surface area contributed by atoms with Gasteiger partial charge in [0.15, 0.2) is 0 Å². The lowest BCUT2D eigenvalue weighted by Gasteiger charge is -2.19. The molecular weight excluding hydrogens is 554 g/mol. The van der Waals surface area contributed by atoms with Gasteiger partial charge in [-0.1, -0.05) is 18.2 Å². The maximum Gasteiger partial charge on any atom is 0.238 e. The number of aromatic nitrogens is 2. The lowest BCUT2D eigenvalue weighted by atomic mass is 9.98. The molecule has 0 fully saturated rings. The van der Waals surface area contributed by atoms with Gasteiger partial charge in [-0.3, -0.25) is 10.2 Å². The molecule has 0 aliphatic heterocycles. The normalized spacial score (nSPS) is 12.3. The van der Waals surface area contributed by atoms with Crippen molar-refractivity contribution >= 4 is 38.3 Å². The Morgan fingerprint density at radius 3 is 2.44 bits per heavy atom. The van der Waals surface area contributed by atoms with Crippen LogP contribution in [0.25, 0.3) is 22.1 Å². The van der Waals surface area contributed by atoms with Crippen molar-refractivity contribution in [2.24, 2.45) is 5.14 Å². The minimum Gasteiger partial charge on any atom is -0.458 e. The van der Waals surface area contributed by atoms with E-state index in [9.17, 15) is 22.0 Å². The van der Waals surface area contributed by atoms with Gasteiger partial charge in [0.05, 0.1) is 16.5 Å². The van der Waals surface area contributed by atoms with Crippen molar-refractivity contribution in [1.29, 1.82) is 0 Å². The molecular formula is C28H23F2N6O4S+. The number of hydrogen-bond donors (Lipinski definition) is 4. The van der Waals surface area contributed by atoms with E-state index in [1.807, 2.05) is 0 Å². The van der Waals surface area contributed by atoms with Gasteiger partial charge in [0.1, 0.15) is 51.9 Å². The zero-order valence-corrected chi connectivity index (χ0v) is 22.2. The van der Waals surface area contributed by atoms with Crippen molar-refractivity contribution in [2.75, 3.05) is 11.1 Å². The number of fused-ring (bicyclic) bond motifs is 1. The van der Waals surface area contributed by atoms with Crippen LogP contribution >= 0.6 is 0 Å². The lowest BCUT2D eigenvalue weighted by Crippen LogP contribution is -2.42. The third kappa shape index (κ3) is 5.27. The monoisotopic (exact) mass is 577 g/mol. The number of nitrogens with one attached hydrogen (secondary N) is 1. The predicted octanol–water partition coefficient (Wildman–Crippen LogP) is 2.53. The molecule has 13 heteroatoms. The minimum atomic E-state index is -3.92. The highest BCUT2D eigenvalue weighted by Crippen LogP contribution is 2.33. The van der Waals surface area contributed by atoms with Gasteiger partial charge in [0.25, 0.3) is 0 Å². The van der Waals surface area contributed by atoms with E-state index in [0.29, 0.717) is 5.56 Å². The Labute approximate surface area is 232 Å². The van der Waals surface area contributed by atoms with E-state index >= 15 is 0 Å². The first-order valence-electron chi connectivity index (χ1n) is 12.1. The Hall–Kier alpha value is -5.01. The molecule has 208 valence electrons. The van der Waals surface area contributed by atoms with Crippen LogP contribution in [0.4, 0.5) is 20.4 Å². The molecule has 0 bridgehead atoms. The van der Waals surface area contributed by atoms with Gasteiger partial charge in [-0.15, -0.1) is 0 Å². The fraction of sp³-hybridized carbons (Fsp3) is 0.0714. The van der Waals surface area contributed by atoms with E-state index in [-0.39, 0.29) is 55.7 Å². The summed E-state index contributed by atoms with van der Waals surface area (Å²) in [4.78, 5) is 21.8. The molecule has 2 heterocycles. The van der Waals surface area contributed by atoms with Crippen molar-refractivity contribution in [3.63, 3.8) is 0 Å². The van der Waals surface area contributed by atoms with Crippen molar-refractivity contribution in [3.05, 3.63) is 112 Å². The van der Waals surface area contributed by atoms with Gasteiger partial charge in [-0.2, -0.15) is 0 Å². The van der Waals surface area contributed by atoms with Crippen LogP contribution in [-0.4, -0.2) is 24.1 Å². The molecule has 10 nitrogen and oxygen atoms in total. The Morgan fingerprint density at radius 1 is 1.05 bits per heavy atom. The summed E-state index contributed by atoms with van der Waals surface area (Å²) < 4.78 is 58.2. The summed E-state index contributed by atoms with van der Waals surface area (Å²) in [5, 5.41) is 14.5. The summed E-state index contributed by atoms with van der Waals surface area (Å²) in [6.45, 7) is 1.66. The minimum absolute atomic E-state index is 0.00208. The third-order valence-electron chi connectivity index (χ3n) is 6.40. The molecule has 0 aliphatic rings. The van der Waals surface area contributed by atoms with Crippen molar-refractivity contribution < 1.29 is 27.0 Å².